The van der Waals surface area contributed by atoms with Crippen LogP contribution in [0.15, 0.2) is 24.3 Å². The molecule has 2 aliphatic heterocycles. The van der Waals surface area contributed by atoms with Crippen molar-refractivity contribution in [2.45, 2.75) is 32.3 Å². The molecule has 0 N–H and O–H groups in total. The van der Waals surface area contributed by atoms with Crippen molar-refractivity contribution in [3.63, 3.8) is 0 Å². The van der Waals surface area contributed by atoms with Crippen LogP contribution in [0.2, 0.25) is 5.02 Å². The molecular formula is C18H23ClN2O3. The Hall–Kier alpha value is -1.75. The zero-order valence-electron chi connectivity index (χ0n) is 13.9. The summed E-state index contributed by atoms with van der Waals surface area (Å²) >= 11 is 6.09. The zero-order chi connectivity index (χ0) is 17.1. The van der Waals surface area contributed by atoms with Crippen LogP contribution < -0.4 is 4.74 Å². The maximum atomic E-state index is 12.6. The van der Waals surface area contributed by atoms with Crippen molar-refractivity contribution in [1.29, 1.82) is 0 Å². The minimum Gasteiger partial charge on any atom is -0.485 e. The number of para-hydroxylation sites is 1. The van der Waals surface area contributed by atoms with Crippen LogP contribution >= 0.6 is 11.6 Å². The Morgan fingerprint density at radius 3 is 2.67 bits per heavy atom. The largest absolute Gasteiger partial charge is 0.485 e. The van der Waals surface area contributed by atoms with Gasteiger partial charge in [-0.3, -0.25) is 9.59 Å². The SMILES string of the molecule is CCC(=O)N1CCC[C@H](C(=O)N2CC(Oc3ccccc3Cl)C2)C1. The number of nitrogens with zero attached hydrogens (tertiary/aromatic N) is 2. The van der Waals surface area contributed by atoms with Crippen molar-refractivity contribution in [1.82, 2.24) is 9.80 Å². The fraction of sp³-hybridized carbons (Fsp3) is 0.556. The fourth-order valence-corrected chi connectivity index (χ4v) is 3.48. The van der Waals surface area contributed by atoms with Crippen molar-refractivity contribution < 1.29 is 14.3 Å². The van der Waals surface area contributed by atoms with Gasteiger partial charge < -0.3 is 14.5 Å². The molecule has 1 aromatic rings. The van der Waals surface area contributed by atoms with Crippen molar-refractivity contribution in [2.75, 3.05) is 26.2 Å². The number of carbonyl (C=O) groups is 2. The number of halogens is 1. The summed E-state index contributed by atoms with van der Waals surface area (Å²) in [5.74, 6) is 0.864. The van der Waals surface area contributed by atoms with Gasteiger partial charge in [0.25, 0.3) is 0 Å². The zero-order valence-corrected chi connectivity index (χ0v) is 14.7. The van der Waals surface area contributed by atoms with E-state index in [9.17, 15) is 9.59 Å². The second-order valence-corrected chi connectivity index (χ2v) is 6.85. The Balaban J connectivity index is 1.49. The van der Waals surface area contributed by atoms with Gasteiger partial charge in [0.1, 0.15) is 11.9 Å². The van der Waals surface area contributed by atoms with E-state index in [1.54, 1.807) is 6.07 Å². The highest BCUT2D eigenvalue weighted by atomic mass is 35.5. The number of likely N-dealkylation sites (tertiary alicyclic amines) is 2. The first-order valence-electron chi connectivity index (χ1n) is 8.56. The lowest BCUT2D eigenvalue weighted by atomic mass is 9.94. The van der Waals surface area contributed by atoms with E-state index in [2.05, 4.69) is 0 Å². The van der Waals surface area contributed by atoms with E-state index < -0.39 is 0 Å². The van der Waals surface area contributed by atoms with Gasteiger partial charge in [-0.1, -0.05) is 30.7 Å². The summed E-state index contributed by atoms with van der Waals surface area (Å²) in [6.07, 6.45) is 2.25. The van der Waals surface area contributed by atoms with E-state index in [0.717, 1.165) is 19.4 Å². The third-order valence-electron chi connectivity index (χ3n) is 4.72. The molecule has 2 amide bonds. The maximum absolute atomic E-state index is 12.6. The molecule has 2 fully saturated rings. The lowest BCUT2D eigenvalue weighted by Gasteiger charge is -2.42. The molecule has 2 saturated heterocycles. The number of piperidine rings is 1. The number of benzene rings is 1. The van der Waals surface area contributed by atoms with Gasteiger partial charge in [0, 0.05) is 19.5 Å². The second-order valence-electron chi connectivity index (χ2n) is 6.45. The molecule has 0 saturated carbocycles. The summed E-state index contributed by atoms with van der Waals surface area (Å²) in [4.78, 5) is 28.1. The third-order valence-corrected chi connectivity index (χ3v) is 5.03. The molecule has 2 aliphatic rings. The Morgan fingerprint density at radius 2 is 1.96 bits per heavy atom. The lowest BCUT2D eigenvalue weighted by Crippen LogP contribution is -2.59. The van der Waals surface area contributed by atoms with Crippen molar-refractivity contribution in [3.8, 4) is 5.75 Å². The average molecular weight is 351 g/mol. The molecule has 1 aromatic carbocycles. The number of carbonyl (C=O) groups excluding carboxylic acids is 2. The van der Waals surface area contributed by atoms with Crippen LogP contribution in [0.5, 0.6) is 5.75 Å². The Bertz CT molecular complexity index is 616. The Kier molecular flexibility index (Phi) is 5.29. The number of ether oxygens (including phenoxy) is 1. The number of hydrogen-bond donors (Lipinski definition) is 0. The molecule has 6 heteroatoms. The third kappa shape index (κ3) is 3.66. The first-order valence-corrected chi connectivity index (χ1v) is 8.94. The summed E-state index contributed by atoms with van der Waals surface area (Å²) in [6.45, 7) is 4.36. The quantitative estimate of drug-likeness (QED) is 0.838. The average Bonchev–Trinajstić information content (AvgIpc) is 2.58. The van der Waals surface area contributed by atoms with Gasteiger partial charge in [0.05, 0.1) is 24.0 Å². The molecule has 0 spiro atoms. The van der Waals surface area contributed by atoms with Crippen LogP contribution in [0.4, 0.5) is 0 Å². The molecule has 1 atom stereocenters. The van der Waals surface area contributed by atoms with E-state index in [0.29, 0.717) is 36.8 Å². The predicted molar refractivity (Wildman–Crippen MR) is 92.0 cm³/mol. The van der Waals surface area contributed by atoms with Crippen molar-refractivity contribution >= 4 is 23.4 Å². The maximum Gasteiger partial charge on any atom is 0.227 e. The molecule has 0 bridgehead atoms. The topological polar surface area (TPSA) is 49.9 Å². The van der Waals surface area contributed by atoms with Gasteiger partial charge in [-0.15, -0.1) is 0 Å². The van der Waals surface area contributed by atoms with Crippen LogP contribution in [0.25, 0.3) is 0 Å². The van der Waals surface area contributed by atoms with Crippen LogP contribution in [0, 0.1) is 5.92 Å². The number of rotatable bonds is 4. The van der Waals surface area contributed by atoms with Crippen molar-refractivity contribution in [3.05, 3.63) is 29.3 Å². The molecule has 0 aromatic heterocycles. The summed E-state index contributed by atoms with van der Waals surface area (Å²) in [5, 5.41) is 0.586. The first-order chi connectivity index (χ1) is 11.6. The van der Waals surface area contributed by atoms with Gasteiger partial charge in [-0.25, -0.2) is 0 Å². The van der Waals surface area contributed by atoms with Crippen LogP contribution in [-0.4, -0.2) is 53.9 Å². The van der Waals surface area contributed by atoms with Gasteiger partial charge >= 0.3 is 0 Å². The van der Waals surface area contributed by atoms with E-state index in [4.69, 9.17) is 16.3 Å². The van der Waals surface area contributed by atoms with Crippen LogP contribution in [0.3, 0.4) is 0 Å². The predicted octanol–water partition coefficient (Wildman–Crippen LogP) is 2.58. The second kappa shape index (κ2) is 7.43. The smallest absolute Gasteiger partial charge is 0.227 e. The molecule has 130 valence electrons. The summed E-state index contributed by atoms with van der Waals surface area (Å²) in [5.41, 5.74) is 0. The molecule has 0 radical (unpaired) electrons. The number of hydrogen-bond acceptors (Lipinski definition) is 3. The summed E-state index contributed by atoms with van der Waals surface area (Å²) in [6, 6.07) is 7.37. The van der Waals surface area contributed by atoms with E-state index in [1.165, 1.54) is 0 Å². The normalized spacial score (nSPS) is 21.3. The Labute approximate surface area is 147 Å². The highest BCUT2D eigenvalue weighted by molar-refractivity contribution is 6.32. The van der Waals surface area contributed by atoms with Gasteiger partial charge in [0.2, 0.25) is 11.8 Å². The van der Waals surface area contributed by atoms with E-state index in [1.807, 2.05) is 34.9 Å². The fourth-order valence-electron chi connectivity index (χ4n) is 3.30. The van der Waals surface area contributed by atoms with Crippen molar-refractivity contribution in [2.24, 2.45) is 5.92 Å². The highest BCUT2D eigenvalue weighted by Gasteiger charge is 2.38. The Morgan fingerprint density at radius 1 is 1.21 bits per heavy atom. The molecule has 5 nitrogen and oxygen atoms in total. The first kappa shape index (κ1) is 17.1. The van der Waals surface area contributed by atoms with Gasteiger partial charge in [-0.05, 0) is 25.0 Å². The lowest BCUT2D eigenvalue weighted by molar-refractivity contribution is -0.148. The van der Waals surface area contributed by atoms with Crippen LogP contribution in [-0.2, 0) is 9.59 Å². The van der Waals surface area contributed by atoms with Crippen LogP contribution in [0.1, 0.15) is 26.2 Å². The molecule has 3 rings (SSSR count). The minimum absolute atomic E-state index is 0.00850. The van der Waals surface area contributed by atoms with E-state index >= 15 is 0 Å². The molecular weight excluding hydrogens is 328 g/mol. The molecule has 0 aliphatic carbocycles. The summed E-state index contributed by atoms with van der Waals surface area (Å²) < 4.78 is 5.84. The molecule has 2 heterocycles. The highest BCUT2D eigenvalue weighted by Crippen LogP contribution is 2.28. The minimum atomic E-state index is -0.0736. The van der Waals surface area contributed by atoms with Gasteiger partial charge in [-0.2, -0.15) is 0 Å². The monoisotopic (exact) mass is 350 g/mol. The number of amides is 2. The summed E-state index contributed by atoms with van der Waals surface area (Å²) in [7, 11) is 0. The molecule has 24 heavy (non-hydrogen) atoms. The van der Waals surface area contributed by atoms with Gasteiger partial charge in [0.15, 0.2) is 0 Å². The van der Waals surface area contributed by atoms with E-state index in [-0.39, 0.29) is 23.8 Å². The molecule has 0 unspecified atom stereocenters. The standard InChI is InChI=1S/C18H23ClN2O3/c1-2-17(22)20-9-5-6-13(10-20)18(23)21-11-14(12-21)24-16-8-4-3-7-15(16)19/h3-4,7-8,13-14H,2,5-6,9-12H2,1H3/t13-/m0/s1.